The molecule has 2 aromatic rings. The molecule has 0 radical (unpaired) electrons. The quantitative estimate of drug-likeness (QED) is 0.544. The molecule has 3 amide bonds. The third-order valence-corrected chi connectivity index (χ3v) is 6.49. The van der Waals surface area contributed by atoms with Crippen LogP contribution in [-0.2, 0) is 22.6 Å². The Morgan fingerprint density at radius 1 is 1.12 bits per heavy atom. The van der Waals surface area contributed by atoms with Gasteiger partial charge in [-0.3, -0.25) is 19.3 Å². The maximum atomic E-state index is 12.9. The molecule has 1 fully saturated rings. The molecule has 2 aliphatic heterocycles. The van der Waals surface area contributed by atoms with Crippen molar-refractivity contribution in [1.82, 2.24) is 9.80 Å². The Balaban J connectivity index is 1.46. The lowest BCUT2D eigenvalue weighted by Crippen LogP contribution is -2.44. The lowest BCUT2D eigenvalue weighted by atomic mass is 10.00. The Morgan fingerprint density at radius 3 is 2.62 bits per heavy atom. The summed E-state index contributed by atoms with van der Waals surface area (Å²) in [5.41, 5.74) is 3.05. The molecule has 0 atom stereocenters. The lowest BCUT2D eigenvalue weighted by molar-refractivity contribution is -0.136. The number of benzene rings is 2. The van der Waals surface area contributed by atoms with Crippen LogP contribution in [0.25, 0.3) is 6.08 Å². The van der Waals surface area contributed by atoms with Gasteiger partial charge in [0.05, 0.1) is 17.6 Å². The van der Waals surface area contributed by atoms with Crippen LogP contribution in [0.4, 0.5) is 4.79 Å². The SMILES string of the molecule is CCOc1cc(/C=C2/SC(=O)N(CC(=O)N3CCc4ccccc4C3)C2=O)ccc1OC(C)C. The van der Waals surface area contributed by atoms with E-state index >= 15 is 0 Å². The molecule has 0 unspecified atom stereocenters. The monoisotopic (exact) mass is 480 g/mol. The number of thioether (sulfide) groups is 1. The summed E-state index contributed by atoms with van der Waals surface area (Å²) in [5.74, 6) is 0.508. The normalized spacial score (nSPS) is 16.9. The van der Waals surface area contributed by atoms with Crippen molar-refractivity contribution in [3.63, 3.8) is 0 Å². The van der Waals surface area contributed by atoms with Crippen LogP contribution in [0.2, 0.25) is 0 Å². The van der Waals surface area contributed by atoms with Crippen LogP contribution in [0.3, 0.4) is 0 Å². The van der Waals surface area contributed by atoms with E-state index in [4.69, 9.17) is 9.47 Å². The maximum absolute atomic E-state index is 12.9. The highest BCUT2D eigenvalue weighted by Crippen LogP contribution is 2.35. The van der Waals surface area contributed by atoms with E-state index < -0.39 is 11.1 Å². The summed E-state index contributed by atoms with van der Waals surface area (Å²) in [6.07, 6.45) is 2.41. The van der Waals surface area contributed by atoms with E-state index in [1.807, 2.05) is 45.0 Å². The fourth-order valence-corrected chi connectivity index (χ4v) is 4.80. The van der Waals surface area contributed by atoms with E-state index in [2.05, 4.69) is 6.07 Å². The molecule has 0 bridgehead atoms. The third kappa shape index (κ3) is 5.28. The van der Waals surface area contributed by atoms with Crippen LogP contribution in [0.5, 0.6) is 11.5 Å². The number of carbonyl (C=O) groups is 3. The van der Waals surface area contributed by atoms with E-state index in [9.17, 15) is 14.4 Å². The van der Waals surface area contributed by atoms with Gasteiger partial charge in [-0.15, -0.1) is 0 Å². The van der Waals surface area contributed by atoms with Crippen molar-refractivity contribution in [3.05, 3.63) is 64.1 Å². The first-order chi connectivity index (χ1) is 16.4. The first-order valence-electron chi connectivity index (χ1n) is 11.4. The molecule has 2 heterocycles. The van der Waals surface area contributed by atoms with Crippen LogP contribution >= 0.6 is 11.8 Å². The van der Waals surface area contributed by atoms with Crippen molar-refractivity contribution in [3.8, 4) is 11.5 Å². The zero-order chi connectivity index (χ0) is 24.2. The van der Waals surface area contributed by atoms with Gasteiger partial charge in [0, 0.05) is 13.1 Å². The van der Waals surface area contributed by atoms with Crippen molar-refractivity contribution >= 4 is 34.9 Å². The van der Waals surface area contributed by atoms with Crippen molar-refractivity contribution in [2.75, 3.05) is 19.7 Å². The highest BCUT2D eigenvalue weighted by Gasteiger charge is 2.37. The predicted molar refractivity (Wildman–Crippen MR) is 132 cm³/mol. The number of amides is 3. The van der Waals surface area contributed by atoms with Gasteiger partial charge in [0.15, 0.2) is 11.5 Å². The smallest absolute Gasteiger partial charge is 0.294 e. The number of hydrogen-bond donors (Lipinski definition) is 0. The van der Waals surface area contributed by atoms with Crippen LogP contribution in [-0.4, -0.2) is 52.7 Å². The van der Waals surface area contributed by atoms with Gasteiger partial charge in [0.25, 0.3) is 11.1 Å². The summed E-state index contributed by atoms with van der Waals surface area (Å²) in [6.45, 7) is 7.04. The Labute approximate surface area is 203 Å². The highest BCUT2D eigenvalue weighted by molar-refractivity contribution is 8.18. The Bertz CT molecular complexity index is 1140. The summed E-state index contributed by atoms with van der Waals surface area (Å²) in [5, 5.41) is -0.438. The first kappa shape index (κ1) is 23.9. The number of imide groups is 1. The topological polar surface area (TPSA) is 76.2 Å². The number of nitrogens with zero attached hydrogens (tertiary/aromatic N) is 2. The Morgan fingerprint density at radius 2 is 1.88 bits per heavy atom. The second kappa shape index (κ2) is 10.3. The van der Waals surface area contributed by atoms with Gasteiger partial charge in [-0.1, -0.05) is 30.3 Å². The van der Waals surface area contributed by atoms with Gasteiger partial charge in [-0.2, -0.15) is 0 Å². The zero-order valence-electron chi connectivity index (χ0n) is 19.6. The van der Waals surface area contributed by atoms with Gasteiger partial charge < -0.3 is 14.4 Å². The van der Waals surface area contributed by atoms with Gasteiger partial charge in [0.2, 0.25) is 5.91 Å². The summed E-state index contributed by atoms with van der Waals surface area (Å²) in [4.78, 5) is 41.4. The van der Waals surface area contributed by atoms with Crippen LogP contribution in [0.1, 0.15) is 37.5 Å². The standard InChI is InChI=1S/C26H28N2O5S/c1-4-32-22-13-18(9-10-21(22)33-17(2)3)14-23-25(30)28(26(31)34-23)16-24(29)27-12-11-19-7-5-6-8-20(19)15-27/h5-10,13-14,17H,4,11-12,15-16H2,1-3H3/b23-14+. The molecule has 0 spiro atoms. The molecule has 1 saturated heterocycles. The molecule has 0 aliphatic carbocycles. The van der Waals surface area contributed by atoms with E-state index in [-0.39, 0.29) is 23.5 Å². The van der Waals surface area contributed by atoms with E-state index in [1.165, 1.54) is 5.56 Å². The van der Waals surface area contributed by atoms with Crippen molar-refractivity contribution in [2.24, 2.45) is 0 Å². The molecule has 0 saturated carbocycles. The largest absolute Gasteiger partial charge is 0.490 e. The molecule has 34 heavy (non-hydrogen) atoms. The zero-order valence-corrected chi connectivity index (χ0v) is 20.4. The van der Waals surface area contributed by atoms with Crippen molar-refractivity contribution in [1.29, 1.82) is 0 Å². The van der Waals surface area contributed by atoms with E-state index in [0.717, 1.165) is 28.6 Å². The number of rotatable bonds is 7. The number of fused-ring (bicyclic) bond motifs is 1. The lowest BCUT2D eigenvalue weighted by Gasteiger charge is -2.29. The predicted octanol–water partition coefficient (Wildman–Crippen LogP) is 4.49. The van der Waals surface area contributed by atoms with Gasteiger partial charge in [-0.25, -0.2) is 0 Å². The minimum Gasteiger partial charge on any atom is -0.490 e. The van der Waals surface area contributed by atoms with Crippen molar-refractivity contribution in [2.45, 2.75) is 39.8 Å². The molecular formula is C26H28N2O5S. The molecule has 2 aromatic carbocycles. The maximum Gasteiger partial charge on any atom is 0.294 e. The Kier molecular flexibility index (Phi) is 7.26. The fraction of sp³-hybridized carbons (Fsp3) is 0.346. The number of hydrogen-bond acceptors (Lipinski definition) is 6. The highest BCUT2D eigenvalue weighted by atomic mass is 32.2. The molecular weight excluding hydrogens is 452 g/mol. The van der Waals surface area contributed by atoms with Gasteiger partial charge >= 0.3 is 0 Å². The summed E-state index contributed by atoms with van der Waals surface area (Å²) < 4.78 is 11.5. The van der Waals surface area contributed by atoms with Gasteiger partial charge in [0.1, 0.15) is 6.54 Å². The van der Waals surface area contributed by atoms with Gasteiger partial charge in [-0.05, 0) is 73.9 Å². The minimum absolute atomic E-state index is 0.00697. The average molecular weight is 481 g/mol. The van der Waals surface area contributed by atoms with Crippen LogP contribution < -0.4 is 9.47 Å². The fourth-order valence-electron chi connectivity index (χ4n) is 3.97. The van der Waals surface area contributed by atoms with Crippen molar-refractivity contribution < 1.29 is 23.9 Å². The van der Waals surface area contributed by atoms with Crippen LogP contribution in [0, 0.1) is 0 Å². The molecule has 178 valence electrons. The van der Waals surface area contributed by atoms with E-state index in [0.29, 0.717) is 36.8 Å². The minimum atomic E-state index is -0.457. The number of ether oxygens (including phenoxy) is 2. The summed E-state index contributed by atoms with van der Waals surface area (Å²) in [6, 6.07) is 13.4. The Hall–Kier alpha value is -3.26. The summed E-state index contributed by atoms with van der Waals surface area (Å²) in [7, 11) is 0. The number of carbonyl (C=O) groups excluding carboxylic acids is 3. The second-order valence-electron chi connectivity index (χ2n) is 8.41. The van der Waals surface area contributed by atoms with E-state index in [1.54, 1.807) is 23.1 Å². The molecule has 4 rings (SSSR count). The molecule has 0 N–H and O–H groups in total. The second-order valence-corrected chi connectivity index (χ2v) is 9.40. The average Bonchev–Trinajstić information content (AvgIpc) is 3.07. The third-order valence-electron chi connectivity index (χ3n) is 5.58. The molecule has 0 aromatic heterocycles. The first-order valence-corrected chi connectivity index (χ1v) is 12.2. The molecule has 7 nitrogen and oxygen atoms in total. The van der Waals surface area contributed by atoms with Crippen LogP contribution in [0.15, 0.2) is 47.4 Å². The molecule has 8 heteroatoms. The molecule has 2 aliphatic rings. The summed E-state index contributed by atoms with van der Waals surface area (Å²) >= 11 is 0.844.